The number of benzene rings is 2. The lowest BCUT2D eigenvalue weighted by Crippen LogP contribution is -2.42. The van der Waals surface area contributed by atoms with Crippen molar-refractivity contribution >= 4 is 17.5 Å². The monoisotopic (exact) mass is 509 g/mol. The van der Waals surface area contributed by atoms with Crippen LogP contribution in [0.25, 0.3) is 0 Å². The van der Waals surface area contributed by atoms with Crippen molar-refractivity contribution in [2.75, 3.05) is 41.0 Å². The van der Waals surface area contributed by atoms with Gasteiger partial charge in [0.1, 0.15) is 23.9 Å². The first-order valence-electron chi connectivity index (χ1n) is 11.6. The van der Waals surface area contributed by atoms with Crippen LogP contribution in [0.3, 0.4) is 0 Å². The zero-order chi connectivity index (χ0) is 26.4. The van der Waals surface area contributed by atoms with Crippen LogP contribution in [0, 0.1) is 5.82 Å². The van der Waals surface area contributed by atoms with E-state index in [-0.39, 0.29) is 31.9 Å². The maximum absolute atomic E-state index is 14.7. The van der Waals surface area contributed by atoms with Crippen LogP contribution in [0.5, 0.6) is 11.5 Å². The fraction of sp³-hybridized carbons (Fsp3) is 0.296. The second kappa shape index (κ2) is 11.7. The summed E-state index contributed by atoms with van der Waals surface area (Å²) < 4.78 is 36.0. The Morgan fingerprint density at radius 2 is 1.92 bits per heavy atom. The zero-order valence-electron chi connectivity index (χ0n) is 20.8. The van der Waals surface area contributed by atoms with Gasteiger partial charge >= 0.3 is 0 Å². The molecule has 2 aromatic carbocycles. The maximum Gasteiger partial charge on any atom is 0.290 e. The summed E-state index contributed by atoms with van der Waals surface area (Å²) in [4.78, 5) is 28.0. The van der Waals surface area contributed by atoms with Crippen molar-refractivity contribution in [1.82, 2.24) is 9.91 Å². The van der Waals surface area contributed by atoms with Crippen LogP contribution >= 0.6 is 0 Å². The van der Waals surface area contributed by atoms with Crippen LogP contribution in [-0.4, -0.2) is 68.5 Å². The number of furan rings is 1. The van der Waals surface area contributed by atoms with Gasteiger partial charge < -0.3 is 23.5 Å². The molecule has 0 spiro atoms. The number of nitrogens with zero attached hydrogens (tertiary/aromatic N) is 3. The Balaban J connectivity index is 1.70. The quantitative estimate of drug-likeness (QED) is 0.412. The molecule has 4 rings (SSSR count). The molecule has 0 N–H and O–H groups in total. The number of rotatable bonds is 10. The molecule has 0 saturated heterocycles. The smallest absolute Gasteiger partial charge is 0.290 e. The summed E-state index contributed by atoms with van der Waals surface area (Å²) in [5.41, 5.74) is 1.35. The van der Waals surface area contributed by atoms with Crippen molar-refractivity contribution in [2.45, 2.75) is 12.5 Å². The summed E-state index contributed by atoms with van der Waals surface area (Å²) in [6.07, 6.45) is 1.63. The van der Waals surface area contributed by atoms with Gasteiger partial charge in [-0.15, -0.1) is 0 Å². The number of hydrazone groups is 1. The minimum absolute atomic E-state index is 0.104. The van der Waals surface area contributed by atoms with Gasteiger partial charge in [0.2, 0.25) is 0 Å². The predicted molar refractivity (Wildman–Crippen MR) is 133 cm³/mol. The van der Waals surface area contributed by atoms with E-state index in [1.165, 1.54) is 42.5 Å². The fourth-order valence-corrected chi connectivity index (χ4v) is 4.19. The van der Waals surface area contributed by atoms with Gasteiger partial charge in [-0.1, -0.05) is 18.2 Å². The molecule has 37 heavy (non-hydrogen) atoms. The molecule has 10 heteroatoms. The molecule has 1 aliphatic rings. The van der Waals surface area contributed by atoms with Gasteiger partial charge in [0.05, 0.1) is 38.8 Å². The second-order valence-electron chi connectivity index (χ2n) is 8.29. The van der Waals surface area contributed by atoms with Crippen LogP contribution in [0.4, 0.5) is 4.39 Å². The largest absolute Gasteiger partial charge is 0.497 e. The highest BCUT2D eigenvalue weighted by molar-refractivity contribution is 6.04. The number of carbonyl (C=O) groups is 2. The summed E-state index contributed by atoms with van der Waals surface area (Å²) in [5, 5.41) is 5.82. The molecule has 0 bridgehead atoms. The third-order valence-electron chi connectivity index (χ3n) is 6.06. The minimum Gasteiger partial charge on any atom is -0.497 e. The first-order chi connectivity index (χ1) is 18.0. The topological polar surface area (TPSA) is 93.8 Å². The lowest BCUT2D eigenvalue weighted by atomic mass is 9.97. The molecule has 2 heterocycles. The molecule has 0 saturated carbocycles. The third kappa shape index (κ3) is 5.64. The van der Waals surface area contributed by atoms with Crippen molar-refractivity contribution in [3.8, 4) is 11.5 Å². The summed E-state index contributed by atoms with van der Waals surface area (Å²) in [6.45, 7) is 0.0863. The Labute approximate surface area is 214 Å². The highest BCUT2D eigenvalue weighted by Gasteiger charge is 2.37. The molecule has 0 aliphatic carbocycles. The molecule has 194 valence electrons. The number of halogens is 1. The van der Waals surface area contributed by atoms with Crippen molar-refractivity contribution < 1.29 is 32.6 Å². The van der Waals surface area contributed by atoms with Crippen molar-refractivity contribution in [1.29, 1.82) is 0 Å². The number of hydrogen-bond acceptors (Lipinski definition) is 7. The molecule has 9 nitrogen and oxygen atoms in total. The number of methoxy groups -OCH3 is 3. The summed E-state index contributed by atoms with van der Waals surface area (Å²) in [6, 6.07) is 14.0. The van der Waals surface area contributed by atoms with Crippen LogP contribution in [0.2, 0.25) is 0 Å². The molecule has 2 amide bonds. The Hall–Kier alpha value is -4.18. The Kier molecular flexibility index (Phi) is 8.19. The Morgan fingerprint density at radius 3 is 2.59 bits per heavy atom. The van der Waals surface area contributed by atoms with E-state index in [1.54, 1.807) is 49.6 Å². The zero-order valence-corrected chi connectivity index (χ0v) is 20.8. The van der Waals surface area contributed by atoms with Gasteiger partial charge in [-0.3, -0.25) is 9.59 Å². The van der Waals surface area contributed by atoms with E-state index < -0.39 is 23.7 Å². The normalized spacial score (nSPS) is 14.9. The molecule has 0 radical (unpaired) electrons. The molecule has 0 fully saturated rings. The van der Waals surface area contributed by atoms with Gasteiger partial charge in [0.15, 0.2) is 5.76 Å². The Bertz CT molecular complexity index is 1280. The molecule has 1 aliphatic heterocycles. The highest BCUT2D eigenvalue weighted by Crippen LogP contribution is 2.39. The average molecular weight is 510 g/mol. The van der Waals surface area contributed by atoms with Gasteiger partial charge in [0.25, 0.3) is 11.8 Å². The molecule has 0 unspecified atom stereocenters. The molecular formula is C27H28FN3O6. The van der Waals surface area contributed by atoms with Crippen LogP contribution in [0.1, 0.15) is 34.1 Å². The predicted octanol–water partition coefficient (Wildman–Crippen LogP) is 3.90. The standard InChI is InChI=1S/C27H28FN3O6/c1-34-14-12-30(27(33)25-9-6-13-37-25)17-26(32)31-23(20-15-18(35-2)10-11-24(20)36-3)16-22(29-31)19-7-4-5-8-21(19)28/h4-11,13,15,23H,12,14,16-17H2,1-3H3/t23-/m1/s1. The van der Waals surface area contributed by atoms with Gasteiger partial charge in [-0.05, 0) is 36.4 Å². The molecule has 1 atom stereocenters. The lowest BCUT2D eigenvalue weighted by Gasteiger charge is -2.27. The maximum atomic E-state index is 14.7. The third-order valence-corrected chi connectivity index (χ3v) is 6.06. The SMILES string of the molecule is COCCN(CC(=O)N1N=C(c2ccccc2F)C[C@@H]1c1cc(OC)ccc1OC)C(=O)c1ccco1. The van der Waals surface area contributed by atoms with Gasteiger partial charge in [-0.25, -0.2) is 9.40 Å². The molecular weight excluding hydrogens is 481 g/mol. The number of amides is 2. The van der Waals surface area contributed by atoms with Crippen molar-refractivity contribution in [3.05, 3.63) is 83.6 Å². The van der Waals surface area contributed by atoms with E-state index in [1.807, 2.05) is 0 Å². The molecule has 3 aromatic rings. The highest BCUT2D eigenvalue weighted by atomic mass is 19.1. The first-order valence-corrected chi connectivity index (χ1v) is 11.6. The average Bonchev–Trinajstić information content (AvgIpc) is 3.61. The van der Waals surface area contributed by atoms with Crippen LogP contribution in [-0.2, 0) is 9.53 Å². The number of ether oxygens (including phenoxy) is 3. The van der Waals surface area contributed by atoms with E-state index in [2.05, 4.69) is 5.10 Å². The van der Waals surface area contributed by atoms with Gasteiger partial charge in [-0.2, -0.15) is 5.10 Å². The fourth-order valence-electron chi connectivity index (χ4n) is 4.19. The lowest BCUT2D eigenvalue weighted by molar-refractivity contribution is -0.133. The van der Waals surface area contributed by atoms with Crippen molar-refractivity contribution in [3.63, 3.8) is 0 Å². The van der Waals surface area contributed by atoms with E-state index in [0.29, 0.717) is 28.3 Å². The first kappa shape index (κ1) is 25.9. The minimum atomic E-state index is -0.616. The van der Waals surface area contributed by atoms with E-state index in [4.69, 9.17) is 18.6 Å². The van der Waals surface area contributed by atoms with Crippen LogP contribution < -0.4 is 9.47 Å². The molecule has 1 aromatic heterocycles. The van der Waals surface area contributed by atoms with E-state index >= 15 is 0 Å². The van der Waals surface area contributed by atoms with E-state index in [0.717, 1.165) is 0 Å². The van der Waals surface area contributed by atoms with Crippen LogP contribution in [0.15, 0.2) is 70.4 Å². The van der Waals surface area contributed by atoms with Gasteiger partial charge in [0, 0.05) is 31.2 Å². The van der Waals surface area contributed by atoms with Crippen molar-refractivity contribution in [2.24, 2.45) is 5.10 Å². The summed E-state index contributed by atoms with van der Waals surface area (Å²) >= 11 is 0. The Morgan fingerprint density at radius 1 is 1.11 bits per heavy atom. The summed E-state index contributed by atoms with van der Waals surface area (Å²) in [7, 11) is 4.58. The number of hydrogen-bond donors (Lipinski definition) is 0. The second-order valence-corrected chi connectivity index (χ2v) is 8.29. The van der Waals surface area contributed by atoms with E-state index in [9.17, 15) is 14.0 Å². The number of carbonyl (C=O) groups excluding carboxylic acids is 2. The summed E-state index contributed by atoms with van der Waals surface area (Å²) in [5.74, 6) is -0.164.